The number of carbonyl (C=O) groups excluding carboxylic acids is 1. The topological polar surface area (TPSA) is 75.6 Å². The van der Waals surface area contributed by atoms with Crippen molar-refractivity contribution in [2.75, 3.05) is 13.2 Å². The highest BCUT2D eigenvalue weighted by molar-refractivity contribution is 5.87. The average molecular weight is 203 g/mol. The van der Waals surface area contributed by atoms with Crippen LogP contribution in [0.15, 0.2) is 0 Å². The zero-order valence-electron chi connectivity index (χ0n) is 8.58. The van der Waals surface area contributed by atoms with E-state index in [-0.39, 0.29) is 5.91 Å². The molecule has 2 N–H and O–H groups in total. The fourth-order valence-corrected chi connectivity index (χ4v) is 1.00. The lowest BCUT2D eigenvalue weighted by atomic mass is 10.2. The Hall–Kier alpha value is -1.10. The maximum absolute atomic E-state index is 10.4. The number of carboxylic acid groups (broad SMARTS) is 1. The van der Waals surface area contributed by atoms with E-state index in [4.69, 9.17) is 9.84 Å². The van der Waals surface area contributed by atoms with Crippen molar-refractivity contribution in [2.24, 2.45) is 0 Å². The summed E-state index contributed by atoms with van der Waals surface area (Å²) in [5.74, 6) is -1.11. The van der Waals surface area contributed by atoms with Crippen molar-refractivity contribution in [2.45, 2.75) is 32.7 Å². The number of hydrogen-bond acceptors (Lipinski definition) is 3. The smallest absolute Gasteiger partial charge is 0.326 e. The van der Waals surface area contributed by atoms with Gasteiger partial charge in [0, 0.05) is 19.6 Å². The van der Waals surface area contributed by atoms with E-state index in [2.05, 4.69) is 5.32 Å². The van der Waals surface area contributed by atoms with Gasteiger partial charge in [-0.05, 0) is 20.3 Å². The molecule has 14 heavy (non-hydrogen) atoms. The molecule has 5 nitrogen and oxygen atoms in total. The Labute approximate surface area is 83.4 Å². The van der Waals surface area contributed by atoms with E-state index in [0.29, 0.717) is 12.8 Å². The van der Waals surface area contributed by atoms with Gasteiger partial charge in [0.2, 0.25) is 5.91 Å². The van der Waals surface area contributed by atoms with Crippen LogP contribution in [0.4, 0.5) is 0 Å². The third-order valence-corrected chi connectivity index (χ3v) is 1.70. The number of hydrogen-bond donors (Lipinski definition) is 2. The minimum atomic E-state index is -0.944. The second kappa shape index (κ2) is 7.32. The van der Waals surface area contributed by atoms with Gasteiger partial charge in [0.15, 0.2) is 0 Å². The highest BCUT2D eigenvalue weighted by Gasteiger charge is 2.26. The van der Waals surface area contributed by atoms with Crippen LogP contribution in [-0.2, 0) is 14.3 Å². The molecule has 0 spiro atoms. The minimum Gasteiger partial charge on any atom is -0.480 e. The van der Waals surface area contributed by atoms with Gasteiger partial charge in [-0.3, -0.25) is 4.79 Å². The fraction of sp³-hybridized carbons (Fsp3) is 0.778. The van der Waals surface area contributed by atoms with Crippen LogP contribution in [0.25, 0.3) is 0 Å². The number of carboxylic acids is 1. The van der Waals surface area contributed by atoms with Gasteiger partial charge < -0.3 is 15.2 Å². The first-order chi connectivity index (χ1) is 6.61. The molecule has 1 fully saturated rings. The summed E-state index contributed by atoms with van der Waals surface area (Å²) < 4.78 is 4.83. The lowest BCUT2D eigenvalue weighted by molar-refractivity contribution is -0.140. The van der Waals surface area contributed by atoms with Crippen molar-refractivity contribution < 1.29 is 19.4 Å². The molecule has 0 bridgehead atoms. The van der Waals surface area contributed by atoms with Crippen molar-refractivity contribution in [1.82, 2.24) is 5.32 Å². The van der Waals surface area contributed by atoms with E-state index >= 15 is 0 Å². The van der Waals surface area contributed by atoms with Crippen LogP contribution in [0.1, 0.15) is 26.7 Å². The molecule has 1 aliphatic heterocycles. The van der Waals surface area contributed by atoms with Crippen LogP contribution < -0.4 is 5.32 Å². The first-order valence-corrected chi connectivity index (χ1v) is 4.71. The highest BCUT2D eigenvalue weighted by atomic mass is 16.5. The van der Waals surface area contributed by atoms with Gasteiger partial charge >= 0.3 is 5.97 Å². The predicted molar refractivity (Wildman–Crippen MR) is 51.0 cm³/mol. The van der Waals surface area contributed by atoms with Crippen molar-refractivity contribution in [3.05, 3.63) is 0 Å². The lowest BCUT2D eigenvalue weighted by Gasteiger charge is -1.99. The molecule has 0 aromatic rings. The maximum Gasteiger partial charge on any atom is 0.326 e. The molecule has 1 heterocycles. The standard InChI is InChI=1S/C5H7NO3.C4H10O/c7-4-2-1-3(6-4)5(8)9;1-3-5-4-2/h3H,1-2H2,(H,6,7)(H,8,9);3-4H2,1-2H3/t3-;/m0./s1. The number of carbonyl (C=O) groups is 2. The van der Waals surface area contributed by atoms with Gasteiger partial charge in [-0.1, -0.05) is 0 Å². The number of ether oxygens (including phenoxy) is 1. The monoisotopic (exact) mass is 203 g/mol. The van der Waals surface area contributed by atoms with Gasteiger partial charge in [0.25, 0.3) is 0 Å². The van der Waals surface area contributed by atoms with Crippen molar-refractivity contribution in [3.8, 4) is 0 Å². The average Bonchev–Trinajstić information content (AvgIpc) is 2.54. The first kappa shape index (κ1) is 12.9. The highest BCUT2D eigenvalue weighted by Crippen LogP contribution is 2.05. The molecule has 1 aliphatic rings. The van der Waals surface area contributed by atoms with Crippen LogP contribution >= 0.6 is 0 Å². The normalized spacial score (nSPS) is 19.6. The van der Waals surface area contributed by atoms with Crippen LogP contribution in [0, 0.1) is 0 Å². The second-order valence-electron chi connectivity index (χ2n) is 2.78. The number of rotatable bonds is 3. The Bertz CT molecular complexity index is 191. The Morgan fingerprint density at radius 3 is 2.29 bits per heavy atom. The molecule has 0 aromatic heterocycles. The molecular formula is C9H17NO4. The van der Waals surface area contributed by atoms with E-state index in [1.807, 2.05) is 13.8 Å². The fourth-order valence-electron chi connectivity index (χ4n) is 1.00. The maximum atomic E-state index is 10.4. The molecule has 5 heteroatoms. The van der Waals surface area contributed by atoms with Crippen LogP contribution in [0.2, 0.25) is 0 Å². The first-order valence-electron chi connectivity index (χ1n) is 4.71. The Morgan fingerprint density at radius 1 is 1.57 bits per heavy atom. The van der Waals surface area contributed by atoms with Gasteiger partial charge in [-0.15, -0.1) is 0 Å². The van der Waals surface area contributed by atoms with E-state index in [9.17, 15) is 9.59 Å². The summed E-state index contributed by atoms with van der Waals surface area (Å²) in [5.41, 5.74) is 0. The molecule has 0 radical (unpaired) electrons. The molecule has 82 valence electrons. The van der Waals surface area contributed by atoms with E-state index < -0.39 is 12.0 Å². The summed E-state index contributed by atoms with van der Waals surface area (Å²) >= 11 is 0. The Kier molecular flexibility index (Phi) is 6.74. The van der Waals surface area contributed by atoms with Crippen LogP contribution in [0.5, 0.6) is 0 Å². The molecule has 1 amide bonds. The summed E-state index contributed by atoms with van der Waals surface area (Å²) in [6.45, 7) is 5.67. The molecule has 0 aromatic carbocycles. The predicted octanol–water partition coefficient (Wildman–Crippen LogP) is 0.392. The summed E-state index contributed by atoms with van der Waals surface area (Å²) in [6.07, 6.45) is 0.769. The summed E-state index contributed by atoms with van der Waals surface area (Å²) in [7, 11) is 0. The van der Waals surface area contributed by atoms with Gasteiger partial charge in [-0.2, -0.15) is 0 Å². The summed E-state index contributed by atoms with van der Waals surface area (Å²) in [4.78, 5) is 20.5. The summed E-state index contributed by atoms with van der Waals surface area (Å²) in [5, 5.41) is 10.6. The minimum absolute atomic E-state index is 0.164. The molecule has 0 saturated carbocycles. The number of amides is 1. The Morgan fingerprint density at radius 2 is 2.14 bits per heavy atom. The second-order valence-corrected chi connectivity index (χ2v) is 2.78. The van der Waals surface area contributed by atoms with Crippen LogP contribution in [0.3, 0.4) is 0 Å². The van der Waals surface area contributed by atoms with Gasteiger partial charge in [-0.25, -0.2) is 4.79 Å². The number of aliphatic carboxylic acids is 1. The van der Waals surface area contributed by atoms with Gasteiger partial charge in [0.1, 0.15) is 6.04 Å². The molecule has 1 saturated heterocycles. The Balaban J connectivity index is 0.000000292. The van der Waals surface area contributed by atoms with Crippen molar-refractivity contribution in [3.63, 3.8) is 0 Å². The molecule has 0 aliphatic carbocycles. The van der Waals surface area contributed by atoms with E-state index in [0.717, 1.165) is 13.2 Å². The molecular weight excluding hydrogens is 186 g/mol. The van der Waals surface area contributed by atoms with Crippen molar-refractivity contribution >= 4 is 11.9 Å². The molecule has 1 atom stereocenters. The third-order valence-electron chi connectivity index (χ3n) is 1.70. The van der Waals surface area contributed by atoms with E-state index in [1.165, 1.54) is 0 Å². The SMILES string of the molecule is CCOCC.O=C1CC[C@@H](C(=O)O)N1. The molecule has 1 rings (SSSR count). The molecule has 0 unspecified atom stereocenters. The largest absolute Gasteiger partial charge is 0.480 e. The van der Waals surface area contributed by atoms with Gasteiger partial charge in [0.05, 0.1) is 0 Å². The quantitative estimate of drug-likeness (QED) is 0.695. The van der Waals surface area contributed by atoms with E-state index in [1.54, 1.807) is 0 Å². The van der Waals surface area contributed by atoms with Crippen molar-refractivity contribution in [1.29, 1.82) is 0 Å². The zero-order valence-corrected chi connectivity index (χ0v) is 8.58. The summed E-state index contributed by atoms with van der Waals surface area (Å²) in [6, 6.07) is -0.641. The van der Waals surface area contributed by atoms with Crippen LogP contribution in [-0.4, -0.2) is 36.2 Å². The number of nitrogens with one attached hydrogen (secondary N) is 1. The third kappa shape index (κ3) is 5.53. The zero-order chi connectivity index (χ0) is 11.0. The lowest BCUT2D eigenvalue weighted by Crippen LogP contribution is -2.32.